The Morgan fingerprint density at radius 2 is 1.86 bits per heavy atom. The van der Waals surface area contributed by atoms with E-state index in [2.05, 4.69) is 24.4 Å². The second-order valence-corrected chi connectivity index (χ2v) is 9.81. The maximum atomic E-state index is 12.6. The Bertz CT molecular complexity index is 913. The third-order valence-electron chi connectivity index (χ3n) is 4.41. The summed E-state index contributed by atoms with van der Waals surface area (Å²) in [5, 5.41) is 2.85. The summed E-state index contributed by atoms with van der Waals surface area (Å²) in [6.45, 7) is 6.08. The van der Waals surface area contributed by atoms with Gasteiger partial charge in [0.1, 0.15) is 6.04 Å². The summed E-state index contributed by atoms with van der Waals surface area (Å²) in [6.07, 6.45) is 1.12. The lowest BCUT2D eigenvalue weighted by atomic mass is 10.1. The number of nitrogens with zero attached hydrogens (tertiary/aromatic N) is 1. The molecule has 0 aliphatic rings. The van der Waals surface area contributed by atoms with Gasteiger partial charge in [0.25, 0.3) is 0 Å². The van der Waals surface area contributed by atoms with Crippen LogP contribution >= 0.6 is 11.8 Å². The Morgan fingerprint density at radius 3 is 2.50 bits per heavy atom. The highest BCUT2D eigenvalue weighted by Crippen LogP contribution is 2.22. The highest BCUT2D eigenvalue weighted by Gasteiger charge is 2.28. The third kappa shape index (κ3) is 6.27. The molecule has 152 valence electrons. The van der Waals surface area contributed by atoms with Gasteiger partial charge in [0.2, 0.25) is 15.9 Å². The van der Waals surface area contributed by atoms with E-state index in [0.717, 1.165) is 23.3 Å². The van der Waals surface area contributed by atoms with Crippen LogP contribution in [0.2, 0.25) is 0 Å². The summed E-state index contributed by atoms with van der Waals surface area (Å²) >= 11 is 1.74. The van der Waals surface area contributed by atoms with E-state index in [1.165, 1.54) is 15.4 Å². The van der Waals surface area contributed by atoms with Crippen LogP contribution in [0.5, 0.6) is 0 Å². The largest absolute Gasteiger partial charge is 0.353 e. The fraction of sp³-hybridized carbons (Fsp3) is 0.381. The molecule has 0 saturated carbocycles. The number of amides is 1. The van der Waals surface area contributed by atoms with Gasteiger partial charge in [-0.25, -0.2) is 8.42 Å². The molecule has 2 aromatic rings. The standard InChI is InChI=1S/C21H28N2O3S2/c1-16-8-7-11-20(14-16)23(28(4,25)26)18(3)21(24)22-12-13-27-15-19-10-6-5-9-17(19)2/h5-11,14,18H,12-13,15H2,1-4H3,(H,22,24). The van der Waals surface area contributed by atoms with E-state index in [9.17, 15) is 13.2 Å². The van der Waals surface area contributed by atoms with Gasteiger partial charge in [0.05, 0.1) is 11.9 Å². The van der Waals surface area contributed by atoms with E-state index in [-0.39, 0.29) is 5.91 Å². The number of hydrogen-bond donors (Lipinski definition) is 1. The van der Waals surface area contributed by atoms with Crippen molar-refractivity contribution in [2.75, 3.05) is 22.9 Å². The molecule has 0 aliphatic heterocycles. The van der Waals surface area contributed by atoms with Crippen LogP contribution in [0.15, 0.2) is 48.5 Å². The summed E-state index contributed by atoms with van der Waals surface area (Å²) in [6, 6.07) is 14.6. The summed E-state index contributed by atoms with van der Waals surface area (Å²) in [5.41, 5.74) is 3.98. The Balaban J connectivity index is 1.91. The van der Waals surface area contributed by atoms with Crippen LogP contribution in [0.4, 0.5) is 5.69 Å². The quantitative estimate of drug-likeness (QED) is 0.631. The molecule has 1 unspecified atom stereocenters. The minimum Gasteiger partial charge on any atom is -0.353 e. The predicted octanol–water partition coefficient (Wildman–Crippen LogP) is 3.51. The first kappa shape index (κ1) is 22.3. The molecule has 0 bridgehead atoms. The first-order valence-electron chi connectivity index (χ1n) is 9.16. The maximum Gasteiger partial charge on any atom is 0.243 e. The monoisotopic (exact) mass is 420 g/mol. The first-order valence-corrected chi connectivity index (χ1v) is 12.2. The third-order valence-corrected chi connectivity index (χ3v) is 6.66. The summed E-state index contributed by atoms with van der Waals surface area (Å²) < 4.78 is 25.8. The molecule has 0 fully saturated rings. The Labute approximate surface area is 172 Å². The van der Waals surface area contributed by atoms with Crippen LogP contribution in [0, 0.1) is 13.8 Å². The normalized spacial score (nSPS) is 12.4. The molecular weight excluding hydrogens is 392 g/mol. The zero-order chi connectivity index (χ0) is 20.7. The molecule has 2 aromatic carbocycles. The van der Waals surface area contributed by atoms with Gasteiger partial charge in [-0.1, -0.05) is 36.4 Å². The molecule has 1 amide bonds. The van der Waals surface area contributed by atoms with Gasteiger partial charge in [0, 0.05) is 18.1 Å². The summed E-state index contributed by atoms with van der Waals surface area (Å²) in [5.74, 6) is 1.34. The van der Waals surface area contributed by atoms with Gasteiger partial charge in [0.15, 0.2) is 0 Å². The second kappa shape index (κ2) is 9.98. The van der Waals surface area contributed by atoms with Crippen molar-refractivity contribution in [3.05, 3.63) is 65.2 Å². The number of nitrogens with one attached hydrogen (secondary N) is 1. The predicted molar refractivity (Wildman–Crippen MR) is 118 cm³/mol. The average Bonchev–Trinajstić information content (AvgIpc) is 2.61. The molecule has 1 atom stereocenters. The number of thioether (sulfide) groups is 1. The van der Waals surface area contributed by atoms with E-state index in [1.54, 1.807) is 36.9 Å². The molecule has 0 radical (unpaired) electrons. The summed E-state index contributed by atoms with van der Waals surface area (Å²) in [7, 11) is -3.59. The number of hydrogen-bond acceptors (Lipinski definition) is 4. The molecule has 1 N–H and O–H groups in total. The van der Waals surface area contributed by atoms with Crippen molar-refractivity contribution in [2.24, 2.45) is 0 Å². The van der Waals surface area contributed by atoms with Crippen molar-refractivity contribution in [2.45, 2.75) is 32.6 Å². The Morgan fingerprint density at radius 1 is 1.14 bits per heavy atom. The van der Waals surface area contributed by atoms with Crippen molar-refractivity contribution >= 4 is 33.4 Å². The fourth-order valence-corrected chi connectivity index (χ4v) is 5.02. The lowest BCUT2D eigenvalue weighted by Gasteiger charge is -2.28. The summed E-state index contributed by atoms with van der Waals surface area (Å²) in [4.78, 5) is 12.6. The fourth-order valence-electron chi connectivity index (χ4n) is 2.92. The number of rotatable bonds is 9. The van der Waals surface area contributed by atoms with E-state index in [1.807, 2.05) is 25.1 Å². The Kier molecular flexibility index (Phi) is 7.95. The van der Waals surface area contributed by atoms with E-state index < -0.39 is 16.1 Å². The molecule has 28 heavy (non-hydrogen) atoms. The molecule has 0 aromatic heterocycles. The van der Waals surface area contributed by atoms with Crippen LogP contribution in [-0.4, -0.2) is 38.9 Å². The lowest BCUT2D eigenvalue weighted by Crippen LogP contribution is -2.48. The van der Waals surface area contributed by atoms with Gasteiger partial charge in [-0.05, 0) is 49.6 Å². The van der Waals surface area contributed by atoms with Crippen molar-refractivity contribution in [3.8, 4) is 0 Å². The first-order chi connectivity index (χ1) is 13.2. The number of anilines is 1. The Hall–Kier alpha value is -1.99. The topological polar surface area (TPSA) is 66.5 Å². The van der Waals surface area contributed by atoms with E-state index >= 15 is 0 Å². The molecule has 7 heteroatoms. The molecule has 0 saturated heterocycles. The molecule has 0 spiro atoms. The second-order valence-electron chi connectivity index (χ2n) is 6.84. The van der Waals surface area contributed by atoms with Crippen LogP contribution in [-0.2, 0) is 20.6 Å². The number of carbonyl (C=O) groups excluding carboxylic acids is 1. The van der Waals surface area contributed by atoms with E-state index in [4.69, 9.17) is 0 Å². The number of carbonyl (C=O) groups is 1. The number of benzene rings is 2. The average molecular weight is 421 g/mol. The van der Waals surface area contributed by atoms with Crippen LogP contribution in [0.1, 0.15) is 23.6 Å². The van der Waals surface area contributed by atoms with Gasteiger partial charge in [-0.2, -0.15) is 11.8 Å². The zero-order valence-electron chi connectivity index (χ0n) is 16.8. The van der Waals surface area contributed by atoms with Crippen molar-refractivity contribution in [3.63, 3.8) is 0 Å². The SMILES string of the molecule is Cc1cccc(N(C(C)C(=O)NCCSCc2ccccc2C)S(C)(=O)=O)c1. The van der Waals surface area contributed by atoms with Gasteiger partial charge >= 0.3 is 0 Å². The molecule has 2 rings (SSSR count). The molecular formula is C21H28N2O3S2. The zero-order valence-corrected chi connectivity index (χ0v) is 18.4. The van der Waals surface area contributed by atoms with Crippen LogP contribution in [0.3, 0.4) is 0 Å². The van der Waals surface area contributed by atoms with Crippen molar-refractivity contribution in [1.29, 1.82) is 0 Å². The van der Waals surface area contributed by atoms with E-state index in [0.29, 0.717) is 12.2 Å². The highest BCUT2D eigenvalue weighted by atomic mass is 32.2. The lowest BCUT2D eigenvalue weighted by molar-refractivity contribution is -0.121. The van der Waals surface area contributed by atoms with Crippen molar-refractivity contribution < 1.29 is 13.2 Å². The van der Waals surface area contributed by atoms with Gasteiger partial charge < -0.3 is 5.32 Å². The number of sulfonamides is 1. The van der Waals surface area contributed by atoms with Crippen molar-refractivity contribution in [1.82, 2.24) is 5.32 Å². The molecule has 0 aliphatic carbocycles. The minimum atomic E-state index is -3.59. The van der Waals surface area contributed by atoms with Gasteiger partial charge in [-0.15, -0.1) is 0 Å². The van der Waals surface area contributed by atoms with Crippen LogP contribution in [0.25, 0.3) is 0 Å². The van der Waals surface area contributed by atoms with Gasteiger partial charge in [-0.3, -0.25) is 9.10 Å². The van der Waals surface area contributed by atoms with Crippen LogP contribution < -0.4 is 9.62 Å². The highest BCUT2D eigenvalue weighted by molar-refractivity contribution is 7.98. The smallest absolute Gasteiger partial charge is 0.243 e. The number of aryl methyl sites for hydroxylation is 2. The maximum absolute atomic E-state index is 12.6. The molecule has 0 heterocycles. The minimum absolute atomic E-state index is 0.302. The molecule has 5 nitrogen and oxygen atoms in total.